The van der Waals surface area contributed by atoms with E-state index in [-0.39, 0.29) is 17.9 Å². The van der Waals surface area contributed by atoms with Gasteiger partial charge in [0, 0.05) is 35.9 Å². The first-order valence-corrected chi connectivity index (χ1v) is 9.62. The van der Waals surface area contributed by atoms with Crippen molar-refractivity contribution in [2.75, 3.05) is 20.2 Å². The summed E-state index contributed by atoms with van der Waals surface area (Å²) in [5.41, 5.74) is 4.05. The molecule has 5 nitrogen and oxygen atoms in total. The second kappa shape index (κ2) is 5.95. The Balaban J connectivity index is 1.54. The van der Waals surface area contributed by atoms with Gasteiger partial charge in [-0.3, -0.25) is 14.7 Å². The molecule has 136 valence electrons. The van der Waals surface area contributed by atoms with Gasteiger partial charge in [0.1, 0.15) is 0 Å². The van der Waals surface area contributed by atoms with Gasteiger partial charge in [0.2, 0.25) is 0 Å². The average Bonchev–Trinajstić information content (AvgIpc) is 3.06. The third kappa shape index (κ3) is 2.26. The summed E-state index contributed by atoms with van der Waals surface area (Å²) in [5, 5.41) is 1.35. The van der Waals surface area contributed by atoms with Gasteiger partial charge in [0.25, 0.3) is 0 Å². The number of hydrogen-bond acceptors (Lipinski definition) is 4. The second-order valence-corrected chi connectivity index (χ2v) is 7.97. The highest BCUT2D eigenvalue weighted by atomic mass is 16.5. The summed E-state index contributed by atoms with van der Waals surface area (Å²) in [6.07, 6.45) is 3.92. The molecule has 5 rings (SSSR count). The van der Waals surface area contributed by atoms with Crippen LogP contribution >= 0.6 is 0 Å². The van der Waals surface area contributed by atoms with Crippen LogP contribution in [0.15, 0.2) is 29.3 Å². The number of nitrogens with zero attached hydrogens (tertiary/aromatic N) is 2. The lowest BCUT2D eigenvalue weighted by Crippen LogP contribution is -2.53. The summed E-state index contributed by atoms with van der Waals surface area (Å²) in [5.74, 6) is 0.370. The number of aromatic nitrogens is 1. The largest absolute Gasteiger partial charge is 0.469 e. The molecule has 1 N–H and O–H groups in total. The van der Waals surface area contributed by atoms with Gasteiger partial charge >= 0.3 is 5.97 Å². The number of benzene rings is 1. The molecule has 0 saturated carbocycles. The van der Waals surface area contributed by atoms with Crippen LogP contribution < -0.4 is 0 Å². The van der Waals surface area contributed by atoms with E-state index in [9.17, 15) is 4.79 Å². The Morgan fingerprint density at radius 3 is 3.00 bits per heavy atom. The van der Waals surface area contributed by atoms with Crippen molar-refractivity contribution in [1.29, 1.82) is 0 Å². The molecule has 1 fully saturated rings. The number of carbonyl (C=O) groups excluding carboxylic acids is 1. The first-order chi connectivity index (χ1) is 12.7. The number of hydrogen-bond donors (Lipinski definition) is 1. The van der Waals surface area contributed by atoms with Crippen molar-refractivity contribution in [2.24, 2.45) is 22.7 Å². The SMILES string of the molecule is COC(=O)C1C=NC(C)C2CN3CCc4c([nH]c5ccccc45)[C@@H]3C[C@H]12. The monoisotopic (exact) mass is 351 g/mol. The van der Waals surface area contributed by atoms with Gasteiger partial charge in [-0.05, 0) is 43.2 Å². The molecule has 2 aromatic rings. The van der Waals surface area contributed by atoms with E-state index in [1.54, 1.807) is 0 Å². The maximum absolute atomic E-state index is 12.3. The minimum atomic E-state index is -0.210. The van der Waals surface area contributed by atoms with Crippen LogP contribution in [0.3, 0.4) is 0 Å². The van der Waals surface area contributed by atoms with Crippen LogP contribution in [-0.2, 0) is 16.0 Å². The van der Waals surface area contributed by atoms with E-state index in [1.165, 1.54) is 29.3 Å². The lowest BCUT2D eigenvalue weighted by molar-refractivity contribution is -0.146. The first kappa shape index (κ1) is 16.1. The minimum absolute atomic E-state index is 0.142. The number of piperidine rings is 1. The highest BCUT2D eigenvalue weighted by molar-refractivity contribution is 5.91. The standard InChI is InChI=1S/C21H25N3O2/c1-12-17-11-24-8-7-14-13-5-3-4-6-18(13)23-20(14)19(24)9-15(17)16(10-22-12)21(25)26-2/h3-6,10,12,15-17,19,23H,7-9,11H2,1-2H3/t12?,15-,16?,17?,19+/m1/s1. The van der Waals surface area contributed by atoms with Crippen LogP contribution in [0.1, 0.15) is 30.6 Å². The number of H-pyrrole nitrogens is 1. The highest BCUT2D eigenvalue weighted by Gasteiger charge is 2.47. The molecule has 0 amide bonds. The smallest absolute Gasteiger partial charge is 0.314 e. The van der Waals surface area contributed by atoms with E-state index in [2.05, 4.69) is 46.1 Å². The summed E-state index contributed by atoms with van der Waals surface area (Å²) in [4.78, 5) is 23.3. The molecule has 26 heavy (non-hydrogen) atoms. The summed E-state index contributed by atoms with van der Waals surface area (Å²) in [7, 11) is 1.48. The lowest BCUT2D eigenvalue weighted by Gasteiger charge is -2.49. The quantitative estimate of drug-likeness (QED) is 0.804. The Morgan fingerprint density at radius 2 is 2.15 bits per heavy atom. The van der Waals surface area contributed by atoms with Crippen LogP contribution in [0.4, 0.5) is 0 Å². The third-order valence-electron chi connectivity index (χ3n) is 6.80. The molecule has 3 aliphatic heterocycles. The van der Waals surface area contributed by atoms with Crippen LogP contribution in [0.2, 0.25) is 0 Å². The zero-order chi connectivity index (χ0) is 17.8. The van der Waals surface area contributed by atoms with E-state index in [0.29, 0.717) is 17.9 Å². The number of methoxy groups -OCH3 is 1. The number of carbonyl (C=O) groups is 1. The van der Waals surface area contributed by atoms with Gasteiger partial charge < -0.3 is 9.72 Å². The van der Waals surface area contributed by atoms with E-state index >= 15 is 0 Å². The van der Waals surface area contributed by atoms with E-state index < -0.39 is 0 Å². The Bertz CT molecular complexity index is 887. The molecule has 0 spiro atoms. The number of rotatable bonds is 1. The van der Waals surface area contributed by atoms with Crippen LogP contribution in [-0.4, -0.2) is 48.3 Å². The molecule has 3 aliphatic rings. The highest BCUT2D eigenvalue weighted by Crippen LogP contribution is 2.47. The van der Waals surface area contributed by atoms with Crippen molar-refractivity contribution in [3.8, 4) is 0 Å². The Hall–Kier alpha value is -2.14. The number of esters is 1. The molecule has 1 saturated heterocycles. The molecule has 1 aromatic heterocycles. The van der Waals surface area contributed by atoms with Crippen molar-refractivity contribution in [1.82, 2.24) is 9.88 Å². The van der Waals surface area contributed by atoms with E-state index in [1.807, 2.05) is 6.21 Å². The number of ether oxygens (including phenoxy) is 1. The summed E-state index contributed by atoms with van der Waals surface area (Å²) in [6.45, 7) is 4.28. The topological polar surface area (TPSA) is 57.7 Å². The summed E-state index contributed by atoms with van der Waals surface area (Å²) < 4.78 is 5.08. The molecule has 5 atom stereocenters. The molecule has 1 aromatic carbocycles. The van der Waals surface area contributed by atoms with Crippen molar-refractivity contribution in [3.05, 3.63) is 35.5 Å². The van der Waals surface area contributed by atoms with Gasteiger partial charge in [-0.2, -0.15) is 0 Å². The maximum atomic E-state index is 12.3. The Labute approximate surface area is 153 Å². The van der Waals surface area contributed by atoms with Crippen LogP contribution in [0.25, 0.3) is 10.9 Å². The molecule has 4 heterocycles. The van der Waals surface area contributed by atoms with Crippen LogP contribution in [0, 0.1) is 17.8 Å². The molecule has 0 radical (unpaired) electrons. The number of nitrogens with one attached hydrogen (secondary N) is 1. The Kier molecular flexibility index (Phi) is 3.67. The van der Waals surface area contributed by atoms with Crippen LogP contribution in [0.5, 0.6) is 0 Å². The number of aliphatic imine (C=N–C) groups is 1. The summed E-state index contributed by atoms with van der Waals surface area (Å²) in [6, 6.07) is 9.22. The Morgan fingerprint density at radius 1 is 1.31 bits per heavy atom. The second-order valence-electron chi connectivity index (χ2n) is 7.97. The molecule has 0 bridgehead atoms. The number of aromatic amines is 1. The fraction of sp³-hybridized carbons (Fsp3) is 0.524. The number of para-hydroxylation sites is 1. The summed E-state index contributed by atoms with van der Waals surface area (Å²) >= 11 is 0. The molecular formula is C21H25N3O2. The lowest BCUT2D eigenvalue weighted by atomic mass is 9.69. The first-order valence-electron chi connectivity index (χ1n) is 9.62. The van der Waals surface area contributed by atoms with E-state index in [0.717, 1.165) is 25.9 Å². The van der Waals surface area contributed by atoms with Gasteiger partial charge in [-0.15, -0.1) is 0 Å². The predicted octanol–water partition coefficient (Wildman–Crippen LogP) is 2.97. The molecule has 0 aliphatic carbocycles. The fourth-order valence-corrected chi connectivity index (χ4v) is 5.44. The van der Waals surface area contributed by atoms with Gasteiger partial charge in [-0.1, -0.05) is 18.2 Å². The van der Waals surface area contributed by atoms with Crippen molar-refractivity contribution in [3.63, 3.8) is 0 Å². The predicted molar refractivity (Wildman–Crippen MR) is 101 cm³/mol. The molecule has 5 heteroatoms. The third-order valence-corrected chi connectivity index (χ3v) is 6.80. The number of fused-ring (bicyclic) bond motifs is 6. The normalized spacial score (nSPS) is 33.4. The van der Waals surface area contributed by atoms with Crippen molar-refractivity contribution < 1.29 is 9.53 Å². The van der Waals surface area contributed by atoms with Crippen molar-refractivity contribution in [2.45, 2.75) is 31.8 Å². The molecular weight excluding hydrogens is 326 g/mol. The molecule has 3 unspecified atom stereocenters. The minimum Gasteiger partial charge on any atom is -0.469 e. The van der Waals surface area contributed by atoms with E-state index in [4.69, 9.17) is 4.74 Å². The maximum Gasteiger partial charge on any atom is 0.314 e. The zero-order valence-electron chi connectivity index (χ0n) is 15.3. The average molecular weight is 351 g/mol. The van der Waals surface area contributed by atoms with Gasteiger partial charge in [0.15, 0.2) is 0 Å². The van der Waals surface area contributed by atoms with Crippen molar-refractivity contribution >= 4 is 23.1 Å². The fourth-order valence-electron chi connectivity index (χ4n) is 5.44. The van der Waals surface area contributed by atoms with Gasteiger partial charge in [-0.25, -0.2) is 0 Å². The van der Waals surface area contributed by atoms with Gasteiger partial charge in [0.05, 0.1) is 25.1 Å². The zero-order valence-corrected chi connectivity index (χ0v) is 15.3.